The number of amides is 1. The van der Waals surface area contributed by atoms with Crippen LogP contribution in [0.25, 0.3) is 11.0 Å². The van der Waals surface area contributed by atoms with Crippen LogP contribution in [-0.4, -0.2) is 26.3 Å². The van der Waals surface area contributed by atoms with Crippen molar-refractivity contribution in [3.8, 4) is 0 Å². The first-order valence-corrected chi connectivity index (χ1v) is 11.7. The van der Waals surface area contributed by atoms with E-state index in [4.69, 9.17) is 9.15 Å². The smallest absolute Gasteiger partial charge is 0.336 e. The summed E-state index contributed by atoms with van der Waals surface area (Å²) in [7, 11) is -4.34. The second kappa shape index (κ2) is 10.1. The lowest BCUT2D eigenvalue weighted by molar-refractivity contribution is -0.148. The van der Waals surface area contributed by atoms with Crippen molar-refractivity contribution in [1.82, 2.24) is 4.72 Å². The van der Waals surface area contributed by atoms with Crippen molar-refractivity contribution in [2.24, 2.45) is 5.92 Å². The molecule has 1 atom stereocenters. The third-order valence-corrected chi connectivity index (χ3v) is 6.32. The predicted octanol–water partition coefficient (Wildman–Crippen LogP) is 2.94. The predicted molar refractivity (Wildman–Crippen MR) is 122 cm³/mol. The number of halogens is 1. The quantitative estimate of drug-likeness (QED) is 0.367. The summed E-state index contributed by atoms with van der Waals surface area (Å²) in [5.74, 6) is -2.67. The molecule has 1 heterocycles. The van der Waals surface area contributed by atoms with Crippen molar-refractivity contribution in [1.29, 1.82) is 0 Å². The summed E-state index contributed by atoms with van der Waals surface area (Å²) in [6.07, 6.45) is 0. The van der Waals surface area contributed by atoms with Gasteiger partial charge in [0.05, 0.1) is 0 Å². The number of benzene rings is 2. The first-order chi connectivity index (χ1) is 16.0. The molecule has 1 aromatic heterocycles. The molecule has 2 N–H and O–H groups in total. The lowest BCUT2D eigenvalue weighted by Gasteiger charge is -2.21. The van der Waals surface area contributed by atoms with Crippen molar-refractivity contribution in [2.75, 3.05) is 5.32 Å². The third-order valence-electron chi connectivity index (χ3n) is 4.85. The number of anilines is 1. The van der Waals surface area contributed by atoms with Gasteiger partial charge in [-0.1, -0.05) is 26.0 Å². The van der Waals surface area contributed by atoms with Gasteiger partial charge < -0.3 is 14.5 Å². The molecule has 1 amide bonds. The highest BCUT2D eigenvalue weighted by molar-refractivity contribution is 7.89. The number of carbonyl (C=O) groups excluding carboxylic acids is 2. The summed E-state index contributed by atoms with van der Waals surface area (Å²) in [4.78, 5) is 35.4. The number of hydrogen-bond acceptors (Lipinski definition) is 7. The average Bonchev–Trinajstić information content (AvgIpc) is 2.74. The van der Waals surface area contributed by atoms with Crippen LogP contribution < -0.4 is 15.7 Å². The van der Waals surface area contributed by atoms with Gasteiger partial charge in [0.25, 0.3) is 0 Å². The van der Waals surface area contributed by atoms with Crippen molar-refractivity contribution < 1.29 is 31.6 Å². The van der Waals surface area contributed by atoms with Crippen LogP contribution in [0.2, 0.25) is 0 Å². The second-order valence-electron chi connectivity index (χ2n) is 7.86. The van der Waals surface area contributed by atoms with E-state index in [2.05, 4.69) is 10.0 Å². The summed E-state index contributed by atoms with van der Waals surface area (Å²) < 4.78 is 51.9. The molecule has 2 aromatic carbocycles. The Kier molecular flexibility index (Phi) is 7.48. The van der Waals surface area contributed by atoms with E-state index in [9.17, 15) is 27.2 Å². The van der Waals surface area contributed by atoms with E-state index < -0.39 is 44.3 Å². The lowest BCUT2D eigenvalue weighted by atomic mass is 10.1. The number of esters is 1. The molecule has 0 fully saturated rings. The highest BCUT2D eigenvalue weighted by atomic mass is 32.2. The van der Waals surface area contributed by atoms with Crippen LogP contribution in [0.1, 0.15) is 26.3 Å². The molecule has 3 aromatic rings. The van der Waals surface area contributed by atoms with Crippen molar-refractivity contribution >= 4 is 38.6 Å². The normalized spacial score (nSPS) is 12.5. The summed E-state index contributed by atoms with van der Waals surface area (Å²) in [5, 5.41) is 3.04. The summed E-state index contributed by atoms with van der Waals surface area (Å²) >= 11 is 0. The van der Waals surface area contributed by atoms with E-state index >= 15 is 0 Å². The van der Waals surface area contributed by atoms with Crippen LogP contribution in [0.4, 0.5) is 10.1 Å². The SMILES string of the molecule is CC(=O)Nc1ccc2c(COC(=O)[C@@H](NS(=O)(=O)c3ccccc3F)C(C)C)cc(=O)oc2c1. The number of carbonyl (C=O) groups is 2. The van der Waals surface area contributed by atoms with Gasteiger partial charge in [-0.25, -0.2) is 17.6 Å². The highest BCUT2D eigenvalue weighted by Crippen LogP contribution is 2.23. The van der Waals surface area contributed by atoms with Crippen LogP contribution in [-0.2, 0) is 31.0 Å². The number of sulfonamides is 1. The van der Waals surface area contributed by atoms with Crippen LogP contribution in [0.15, 0.2) is 62.6 Å². The van der Waals surface area contributed by atoms with E-state index in [1.54, 1.807) is 26.0 Å². The fourth-order valence-electron chi connectivity index (χ4n) is 3.22. The fraction of sp³-hybridized carbons (Fsp3) is 0.261. The van der Waals surface area contributed by atoms with Gasteiger partial charge in [0.2, 0.25) is 15.9 Å². The van der Waals surface area contributed by atoms with E-state index in [1.807, 2.05) is 0 Å². The van der Waals surface area contributed by atoms with Crippen LogP contribution in [0.3, 0.4) is 0 Å². The Bertz CT molecular complexity index is 1400. The number of nitrogens with one attached hydrogen (secondary N) is 2. The van der Waals surface area contributed by atoms with Gasteiger partial charge in [0.1, 0.15) is 28.9 Å². The maximum atomic E-state index is 14.0. The maximum absolute atomic E-state index is 14.0. The Morgan fingerprint density at radius 1 is 1.12 bits per heavy atom. The molecule has 9 nitrogen and oxygen atoms in total. The van der Waals surface area contributed by atoms with Crippen LogP contribution in [0.5, 0.6) is 0 Å². The molecule has 11 heteroatoms. The third kappa shape index (κ3) is 5.86. The molecule has 0 saturated carbocycles. The van der Waals surface area contributed by atoms with Gasteiger partial charge in [-0.3, -0.25) is 9.59 Å². The van der Waals surface area contributed by atoms with Crippen LogP contribution >= 0.6 is 0 Å². The molecular formula is C23H23FN2O7S. The summed E-state index contributed by atoms with van der Waals surface area (Å²) in [6, 6.07) is 9.30. The fourth-order valence-corrected chi connectivity index (χ4v) is 4.63. The Balaban J connectivity index is 1.82. The second-order valence-corrected chi connectivity index (χ2v) is 9.55. The van der Waals surface area contributed by atoms with Crippen molar-refractivity contribution in [3.63, 3.8) is 0 Å². The van der Waals surface area contributed by atoms with Gasteiger partial charge in [-0.2, -0.15) is 4.72 Å². The molecule has 3 rings (SSSR count). The molecule has 0 aliphatic heterocycles. The van der Waals surface area contributed by atoms with Gasteiger partial charge in [0, 0.05) is 35.7 Å². The number of rotatable bonds is 8. The Morgan fingerprint density at radius 2 is 1.82 bits per heavy atom. The molecule has 0 aliphatic rings. The number of ether oxygens (including phenoxy) is 1. The van der Waals surface area contributed by atoms with E-state index in [0.717, 1.165) is 18.2 Å². The summed E-state index contributed by atoms with van der Waals surface area (Å²) in [6.45, 7) is 4.20. The first kappa shape index (κ1) is 25.1. The van der Waals surface area contributed by atoms with Gasteiger partial charge in [-0.15, -0.1) is 0 Å². The van der Waals surface area contributed by atoms with Crippen molar-refractivity contribution in [3.05, 3.63) is 70.3 Å². The standard InChI is InChI=1S/C23H23FN2O7S/c1-13(2)22(26-34(30,31)20-7-5-4-6-18(20)24)23(29)32-12-15-10-21(28)33-19-11-16(25-14(3)27)8-9-17(15)19/h4-11,13,22,26H,12H2,1-3H3,(H,25,27)/t22-/m0/s1. The zero-order valence-electron chi connectivity index (χ0n) is 18.6. The van der Waals surface area contributed by atoms with E-state index in [-0.39, 0.29) is 18.1 Å². The molecular weight excluding hydrogens is 467 g/mol. The molecule has 0 radical (unpaired) electrons. The van der Waals surface area contributed by atoms with E-state index in [1.165, 1.54) is 25.1 Å². The van der Waals surface area contributed by atoms with Gasteiger partial charge in [-0.05, 0) is 30.2 Å². The molecule has 0 saturated heterocycles. The molecule has 0 aliphatic carbocycles. The lowest BCUT2D eigenvalue weighted by Crippen LogP contribution is -2.45. The van der Waals surface area contributed by atoms with Crippen LogP contribution in [0, 0.1) is 11.7 Å². The van der Waals surface area contributed by atoms with Crippen molar-refractivity contribution in [2.45, 2.75) is 38.3 Å². The topological polar surface area (TPSA) is 132 Å². The Morgan fingerprint density at radius 3 is 2.47 bits per heavy atom. The molecule has 180 valence electrons. The zero-order valence-corrected chi connectivity index (χ0v) is 19.4. The molecule has 0 spiro atoms. The minimum Gasteiger partial charge on any atom is -0.460 e. The molecule has 34 heavy (non-hydrogen) atoms. The Labute approximate surface area is 195 Å². The minimum absolute atomic E-state index is 0.172. The van der Waals surface area contributed by atoms with Gasteiger partial charge >= 0.3 is 11.6 Å². The van der Waals surface area contributed by atoms with Gasteiger partial charge in [0.15, 0.2) is 0 Å². The summed E-state index contributed by atoms with van der Waals surface area (Å²) in [5.41, 5.74) is 0.220. The number of fused-ring (bicyclic) bond motifs is 1. The maximum Gasteiger partial charge on any atom is 0.336 e. The first-order valence-electron chi connectivity index (χ1n) is 10.3. The Hall–Kier alpha value is -3.57. The zero-order chi connectivity index (χ0) is 25.0. The van der Waals surface area contributed by atoms with E-state index in [0.29, 0.717) is 16.6 Å². The number of hydrogen-bond donors (Lipinski definition) is 2. The average molecular weight is 491 g/mol. The largest absolute Gasteiger partial charge is 0.460 e. The molecule has 0 bridgehead atoms. The highest BCUT2D eigenvalue weighted by Gasteiger charge is 2.31. The molecule has 0 unspecified atom stereocenters. The minimum atomic E-state index is -4.34. The monoisotopic (exact) mass is 490 g/mol.